The summed E-state index contributed by atoms with van der Waals surface area (Å²) in [6.45, 7) is 6.52. The molecule has 2 aromatic carbocycles. The summed E-state index contributed by atoms with van der Waals surface area (Å²) < 4.78 is 13.5. The van der Waals surface area contributed by atoms with Crippen LogP contribution in [0, 0.1) is 19.7 Å². The zero-order valence-corrected chi connectivity index (χ0v) is 18.8. The Morgan fingerprint density at radius 1 is 1.06 bits per heavy atom. The van der Waals surface area contributed by atoms with Crippen molar-refractivity contribution >= 4 is 23.2 Å². The Balaban J connectivity index is 1.58. The highest BCUT2D eigenvalue weighted by Crippen LogP contribution is 2.41. The Bertz CT molecular complexity index is 1210. The number of halogens is 1. The van der Waals surface area contributed by atoms with E-state index in [1.807, 2.05) is 24.3 Å². The summed E-state index contributed by atoms with van der Waals surface area (Å²) >= 11 is 0. The van der Waals surface area contributed by atoms with Gasteiger partial charge in [0.15, 0.2) is 0 Å². The molecule has 2 N–H and O–H groups in total. The number of carbonyl (C=O) groups is 1. The number of benzene rings is 2. The average molecular weight is 430 g/mol. The molecule has 0 aliphatic carbocycles. The number of H-pyrrole nitrogens is 1. The Kier molecular flexibility index (Phi) is 5.22. The summed E-state index contributed by atoms with van der Waals surface area (Å²) in [6.07, 6.45) is 4.29. The highest BCUT2D eigenvalue weighted by molar-refractivity contribution is 6.36. The summed E-state index contributed by atoms with van der Waals surface area (Å²) in [5, 5.41) is 3.00. The second-order valence-corrected chi connectivity index (χ2v) is 9.03. The third-order valence-electron chi connectivity index (χ3n) is 6.93. The first-order chi connectivity index (χ1) is 15.4. The van der Waals surface area contributed by atoms with Crippen molar-refractivity contribution in [2.45, 2.75) is 32.6 Å². The summed E-state index contributed by atoms with van der Waals surface area (Å²) in [5.74, 6) is 0.168. The molecule has 1 aromatic heterocycles. The van der Waals surface area contributed by atoms with Gasteiger partial charge in [-0.2, -0.15) is 0 Å². The number of hydrogen-bond acceptors (Lipinski definition) is 2. The Morgan fingerprint density at radius 3 is 2.50 bits per heavy atom. The lowest BCUT2D eigenvalue weighted by molar-refractivity contribution is -0.110. The largest absolute Gasteiger partial charge is 0.359 e. The van der Waals surface area contributed by atoms with E-state index in [-0.39, 0.29) is 11.7 Å². The van der Waals surface area contributed by atoms with Crippen molar-refractivity contribution in [3.05, 3.63) is 76.4 Å². The van der Waals surface area contributed by atoms with E-state index < -0.39 is 0 Å². The van der Waals surface area contributed by atoms with Gasteiger partial charge in [0.1, 0.15) is 5.82 Å². The van der Waals surface area contributed by atoms with Crippen LogP contribution in [0.15, 0.2) is 42.5 Å². The van der Waals surface area contributed by atoms with E-state index in [0.29, 0.717) is 11.5 Å². The third kappa shape index (κ3) is 3.56. The molecule has 1 amide bonds. The van der Waals surface area contributed by atoms with Gasteiger partial charge in [0, 0.05) is 22.6 Å². The molecule has 5 heteroatoms. The van der Waals surface area contributed by atoms with Crippen molar-refractivity contribution < 1.29 is 9.18 Å². The lowest BCUT2D eigenvalue weighted by Gasteiger charge is -2.29. The SMILES string of the molecule is Cc1[nH]c(/C=C2\C(=O)Nc3cccc(-c4ccc(F)cc4)c32)c(C)c1C1CCN(C)CC1. The molecule has 3 aromatic rings. The third-order valence-corrected chi connectivity index (χ3v) is 6.93. The summed E-state index contributed by atoms with van der Waals surface area (Å²) in [6, 6.07) is 12.2. The molecule has 1 fully saturated rings. The van der Waals surface area contributed by atoms with Gasteiger partial charge in [-0.05, 0) is 99.3 Å². The second-order valence-electron chi connectivity index (χ2n) is 9.03. The second kappa shape index (κ2) is 8.06. The van der Waals surface area contributed by atoms with Crippen molar-refractivity contribution in [3.8, 4) is 11.1 Å². The van der Waals surface area contributed by atoms with Crippen molar-refractivity contribution in [2.24, 2.45) is 0 Å². The summed E-state index contributed by atoms with van der Waals surface area (Å²) in [7, 11) is 2.18. The number of hydrogen-bond donors (Lipinski definition) is 2. The monoisotopic (exact) mass is 429 g/mol. The van der Waals surface area contributed by atoms with Gasteiger partial charge in [0.25, 0.3) is 5.91 Å². The van der Waals surface area contributed by atoms with E-state index in [9.17, 15) is 9.18 Å². The molecular formula is C27H28FN3O. The number of fused-ring (bicyclic) bond motifs is 1. The smallest absolute Gasteiger partial charge is 0.256 e. The maximum atomic E-state index is 13.5. The number of likely N-dealkylation sites (tertiary alicyclic amines) is 1. The Labute approximate surface area is 188 Å². The number of nitrogens with one attached hydrogen (secondary N) is 2. The minimum Gasteiger partial charge on any atom is -0.359 e. The topological polar surface area (TPSA) is 48.1 Å². The molecule has 4 nitrogen and oxygen atoms in total. The highest BCUT2D eigenvalue weighted by atomic mass is 19.1. The minimum absolute atomic E-state index is 0.109. The highest BCUT2D eigenvalue weighted by Gasteiger charge is 2.29. The van der Waals surface area contributed by atoms with Crippen molar-refractivity contribution in [2.75, 3.05) is 25.5 Å². The number of aromatic nitrogens is 1. The van der Waals surface area contributed by atoms with Gasteiger partial charge >= 0.3 is 0 Å². The molecule has 0 saturated carbocycles. The number of nitrogens with zero attached hydrogens (tertiary/aromatic N) is 1. The van der Waals surface area contributed by atoms with Gasteiger partial charge in [0.2, 0.25) is 0 Å². The van der Waals surface area contributed by atoms with E-state index in [4.69, 9.17) is 0 Å². The number of anilines is 1. The molecule has 3 heterocycles. The van der Waals surface area contributed by atoms with Crippen LogP contribution in [0.1, 0.15) is 46.8 Å². The van der Waals surface area contributed by atoms with Crippen molar-refractivity contribution in [3.63, 3.8) is 0 Å². The fourth-order valence-electron chi connectivity index (χ4n) is 5.25. The average Bonchev–Trinajstić information content (AvgIpc) is 3.25. The number of amides is 1. The molecule has 2 aliphatic rings. The van der Waals surface area contributed by atoms with E-state index in [1.54, 1.807) is 12.1 Å². The molecular weight excluding hydrogens is 401 g/mol. The molecule has 5 rings (SSSR count). The fourth-order valence-corrected chi connectivity index (χ4v) is 5.25. The minimum atomic E-state index is -0.273. The van der Waals surface area contributed by atoms with Gasteiger partial charge in [0.05, 0.1) is 5.57 Å². The van der Waals surface area contributed by atoms with Crippen LogP contribution >= 0.6 is 0 Å². The first kappa shape index (κ1) is 20.7. The number of aromatic amines is 1. The molecule has 2 aliphatic heterocycles. The van der Waals surface area contributed by atoms with Crippen LogP contribution in [-0.2, 0) is 4.79 Å². The van der Waals surface area contributed by atoms with Crippen molar-refractivity contribution in [1.29, 1.82) is 0 Å². The lowest BCUT2D eigenvalue weighted by Crippen LogP contribution is -2.29. The Hall–Kier alpha value is -3.18. The van der Waals surface area contributed by atoms with Crippen LogP contribution in [0.4, 0.5) is 10.1 Å². The molecule has 164 valence electrons. The number of piperidine rings is 1. The number of rotatable bonds is 3. The first-order valence-corrected chi connectivity index (χ1v) is 11.2. The molecule has 0 atom stereocenters. The summed E-state index contributed by atoms with van der Waals surface area (Å²) in [5.41, 5.74) is 8.91. The predicted molar refractivity (Wildman–Crippen MR) is 128 cm³/mol. The van der Waals surface area contributed by atoms with Crippen LogP contribution in [0.5, 0.6) is 0 Å². The van der Waals surface area contributed by atoms with Crippen LogP contribution in [0.25, 0.3) is 22.8 Å². The van der Waals surface area contributed by atoms with Gasteiger partial charge in [-0.1, -0.05) is 24.3 Å². The van der Waals surface area contributed by atoms with E-state index in [1.165, 1.54) is 29.0 Å². The van der Waals surface area contributed by atoms with E-state index in [2.05, 4.69) is 36.1 Å². The summed E-state index contributed by atoms with van der Waals surface area (Å²) in [4.78, 5) is 18.9. The number of aryl methyl sites for hydroxylation is 1. The van der Waals surface area contributed by atoms with Gasteiger partial charge < -0.3 is 15.2 Å². The normalized spacial score (nSPS) is 18.2. The first-order valence-electron chi connectivity index (χ1n) is 11.2. The molecule has 0 spiro atoms. The number of carbonyl (C=O) groups excluding carboxylic acids is 1. The quantitative estimate of drug-likeness (QED) is 0.522. The maximum Gasteiger partial charge on any atom is 0.256 e. The zero-order valence-electron chi connectivity index (χ0n) is 18.8. The van der Waals surface area contributed by atoms with Crippen molar-refractivity contribution in [1.82, 2.24) is 9.88 Å². The Morgan fingerprint density at radius 2 is 1.78 bits per heavy atom. The van der Waals surface area contributed by atoms with E-state index in [0.717, 1.165) is 54.0 Å². The van der Waals surface area contributed by atoms with Gasteiger partial charge in [-0.25, -0.2) is 4.39 Å². The molecule has 0 unspecified atom stereocenters. The van der Waals surface area contributed by atoms with Crippen LogP contribution in [0.3, 0.4) is 0 Å². The van der Waals surface area contributed by atoms with E-state index >= 15 is 0 Å². The molecule has 1 saturated heterocycles. The predicted octanol–water partition coefficient (Wildman–Crippen LogP) is 5.74. The zero-order chi connectivity index (χ0) is 22.4. The van der Waals surface area contributed by atoms with Crippen LogP contribution in [-0.4, -0.2) is 35.9 Å². The molecule has 0 bridgehead atoms. The maximum absolute atomic E-state index is 13.5. The van der Waals surface area contributed by atoms with Gasteiger partial charge in [-0.15, -0.1) is 0 Å². The standard InChI is InChI=1S/C27H28FN3O/c1-16-24(29-17(2)25(16)19-11-13-31(3)14-12-19)15-22-26-21(18-7-9-20(28)10-8-18)5-4-6-23(26)30-27(22)32/h4-10,15,19,29H,11-14H2,1-3H3,(H,30,32)/b22-15-. The van der Waals surface area contributed by atoms with Gasteiger partial charge in [-0.3, -0.25) is 4.79 Å². The molecule has 0 radical (unpaired) electrons. The fraction of sp³-hybridized carbons (Fsp3) is 0.296. The lowest BCUT2D eigenvalue weighted by atomic mass is 9.87. The van der Waals surface area contributed by atoms with Crippen LogP contribution < -0.4 is 5.32 Å². The molecule has 32 heavy (non-hydrogen) atoms. The van der Waals surface area contributed by atoms with Crippen LogP contribution in [0.2, 0.25) is 0 Å².